The van der Waals surface area contributed by atoms with Crippen LogP contribution in [-0.2, 0) is 6.42 Å². The molecule has 2 aromatic carbocycles. The molecule has 1 N–H and O–H groups in total. The molecule has 21 heavy (non-hydrogen) atoms. The number of nitrogens with one attached hydrogen (secondary N) is 1. The zero-order valence-corrected chi connectivity index (χ0v) is 14.4. The summed E-state index contributed by atoms with van der Waals surface area (Å²) in [5.74, 6) is 0.941. The molecule has 0 aliphatic heterocycles. The lowest BCUT2D eigenvalue weighted by atomic mass is 9.97. The Morgan fingerprint density at radius 3 is 2.62 bits per heavy atom. The minimum Gasteiger partial charge on any atom is -0.496 e. The summed E-state index contributed by atoms with van der Waals surface area (Å²) < 4.78 is 6.47. The van der Waals surface area contributed by atoms with Gasteiger partial charge in [-0.25, -0.2) is 0 Å². The van der Waals surface area contributed by atoms with Crippen molar-refractivity contribution < 1.29 is 4.74 Å². The van der Waals surface area contributed by atoms with Crippen molar-refractivity contribution in [3.05, 3.63) is 63.6 Å². The van der Waals surface area contributed by atoms with Gasteiger partial charge in [-0.3, -0.25) is 0 Å². The van der Waals surface area contributed by atoms with E-state index in [1.54, 1.807) is 7.11 Å². The lowest BCUT2D eigenvalue weighted by Gasteiger charge is -2.20. The van der Waals surface area contributed by atoms with Gasteiger partial charge in [0, 0.05) is 10.5 Å². The van der Waals surface area contributed by atoms with Crippen molar-refractivity contribution in [3.8, 4) is 5.75 Å². The molecule has 0 aromatic heterocycles. The molecule has 2 rings (SSSR count). The second-order valence-corrected chi connectivity index (χ2v) is 6.09. The average Bonchev–Trinajstić information content (AvgIpc) is 2.47. The maximum absolute atomic E-state index is 5.35. The van der Waals surface area contributed by atoms with Crippen LogP contribution in [-0.4, -0.2) is 13.7 Å². The summed E-state index contributed by atoms with van der Waals surface area (Å²) >= 11 is 3.54. The summed E-state index contributed by atoms with van der Waals surface area (Å²) in [6, 6.07) is 15.2. The maximum Gasteiger partial charge on any atom is 0.121 e. The molecule has 0 saturated heterocycles. The van der Waals surface area contributed by atoms with Gasteiger partial charge < -0.3 is 10.1 Å². The number of hydrogen-bond donors (Lipinski definition) is 1. The summed E-state index contributed by atoms with van der Waals surface area (Å²) in [6.07, 6.45) is 0.971. The van der Waals surface area contributed by atoms with Crippen molar-refractivity contribution >= 4 is 15.9 Å². The summed E-state index contributed by atoms with van der Waals surface area (Å²) in [6.45, 7) is 5.18. The van der Waals surface area contributed by atoms with Crippen LogP contribution in [0.4, 0.5) is 0 Å². The summed E-state index contributed by atoms with van der Waals surface area (Å²) in [5.41, 5.74) is 3.80. The molecule has 0 fully saturated rings. The number of rotatable bonds is 6. The first-order chi connectivity index (χ1) is 10.1. The number of benzene rings is 2. The second-order valence-electron chi connectivity index (χ2n) is 5.17. The van der Waals surface area contributed by atoms with E-state index in [4.69, 9.17) is 4.74 Å². The number of aryl methyl sites for hydroxylation is 1. The fourth-order valence-corrected chi connectivity index (χ4v) is 3.02. The first-order valence-electron chi connectivity index (χ1n) is 7.26. The van der Waals surface area contributed by atoms with Gasteiger partial charge in [-0.05, 0) is 54.8 Å². The predicted octanol–water partition coefficient (Wildman–Crippen LogP) is 4.66. The molecular formula is C18H22BrNO. The van der Waals surface area contributed by atoms with E-state index in [-0.39, 0.29) is 0 Å². The Morgan fingerprint density at radius 1 is 1.19 bits per heavy atom. The second kappa shape index (κ2) is 7.62. The maximum atomic E-state index is 5.35. The molecule has 1 atom stereocenters. The Morgan fingerprint density at radius 2 is 2.00 bits per heavy atom. The summed E-state index contributed by atoms with van der Waals surface area (Å²) in [4.78, 5) is 0. The molecule has 0 spiro atoms. The minimum absolute atomic E-state index is 0.314. The van der Waals surface area contributed by atoms with Gasteiger partial charge in [0.05, 0.1) is 7.11 Å². The average molecular weight is 348 g/mol. The molecular weight excluding hydrogens is 326 g/mol. The van der Waals surface area contributed by atoms with Crippen LogP contribution in [0.25, 0.3) is 0 Å². The van der Waals surface area contributed by atoms with Gasteiger partial charge in [0.2, 0.25) is 0 Å². The van der Waals surface area contributed by atoms with Crippen LogP contribution in [0, 0.1) is 6.92 Å². The molecule has 2 nitrogen and oxygen atoms in total. The fraction of sp³-hybridized carbons (Fsp3) is 0.333. The molecule has 0 aliphatic carbocycles. The number of methoxy groups -OCH3 is 1. The molecule has 0 bridgehead atoms. The monoisotopic (exact) mass is 347 g/mol. The lowest BCUT2D eigenvalue weighted by molar-refractivity contribution is 0.411. The van der Waals surface area contributed by atoms with Crippen molar-refractivity contribution in [1.29, 1.82) is 0 Å². The first-order valence-corrected chi connectivity index (χ1v) is 8.05. The Bertz CT molecular complexity index is 598. The predicted molar refractivity (Wildman–Crippen MR) is 92.0 cm³/mol. The van der Waals surface area contributed by atoms with E-state index in [2.05, 4.69) is 77.6 Å². The van der Waals surface area contributed by atoms with E-state index in [1.807, 2.05) is 0 Å². The highest BCUT2D eigenvalue weighted by molar-refractivity contribution is 9.10. The molecule has 3 heteroatoms. The quantitative estimate of drug-likeness (QED) is 0.820. The molecule has 0 heterocycles. The Hall–Kier alpha value is -1.32. The van der Waals surface area contributed by atoms with E-state index in [0.29, 0.717) is 6.04 Å². The van der Waals surface area contributed by atoms with Gasteiger partial charge in [0.1, 0.15) is 5.75 Å². The van der Waals surface area contributed by atoms with Crippen LogP contribution >= 0.6 is 15.9 Å². The van der Waals surface area contributed by atoms with Crippen LogP contribution in [0.3, 0.4) is 0 Å². The van der Waals surface area contributed by atoms with Crippen LogP contribution in [0.1, 0.15) is 29.7 Å². The molecule has 2 aromatic rings. The van der Waals surface area contributed by atoms with Crippen molar-refractivity contribution in [1.82, 2.24) is 5.32 Å². The highest BCUT2D eigenvalue weighted by atomic mass is 79.9. The SMILES string of the molecule is CCNC(Cc1cccc(Br)c1)c1ccc(OC)c(C)c1. The number of halogens is 1. The van der Waals surface area contributed by atoms with E-state index < -0.39 is 0 Å². The van der Waals surface area contributed by atoms with Gasteiger partial charge in [-0.1, -0.05) is 47.1 Å². The summed E-state index contributed by atoms with van der Waals surface area (Å²) in [7, 11) is 1.71. The minimum atomic E-state index is 0.314. The fourth-order valence-electron chi connectivity index (χ4n) is 2.57. The van der Waals surface area contributed by atoms with Gasteiger partial charge in [-0.15, -0.1) is 0 Å². The van der Waals surface area contributed by atoms with Crippen LogP contribution in [0.15, 0.2) is 46.9 Å². The normalized spacial score (nSPS) is 12.2. The number of likely N-dealkylation sites (N-methyl/N-ethyl adjacent to an activating group) is 1. The van der Waals surface area contributed by atoms with Gasteiger partial charge in [0.25, 0.3) is 0 Å². The number of ether oxygens (including phenoxy) is 1. The smallest absolute Gasteiger partial charge is 0.121 e. The first kappa shape index (κ1) is 16.1. The summed E-state index contributed by atoms with van der Waals surface area (Å²) in [5, 5.41) is 3.58. The Balaban J connectivity index is 2.24. The van der Waals surface area contributed by atoms with Crippen molar-refractivity contribution in [2.45, 2.75) is 26.3 Å². The van der Waals surface area contributed by atoms with Crippen LogP contribution in [0.5, 0.6) is 5.75 Å². The molecule has 112 valence electrons. The molecule has 0 radical (unpaired) electrons. The number of hydrogen-bond acceptors (Lipinski definition) is 2. The standard InChI is InChI=1S/C18H22BrNO/c1-4-20-17(12-14-6-5-7-16(19)11-14)15-8-9-18(21-3)13(2)10-15/h5-11,17,20H,4,12H2,1-3H3. The van der Waals surface area contributed by atoms with Crippen LogP contribution < -0.4 is 10.1 Å². The lowest BCUT2D eigenvalue weighted by Crippen LogP contribution is -2.23. The highest BCUT2D eigenvalue weighted by Crippen LogP contribution is 2.25. The topological polar surface area (TPSA) is 21.3 Å². The molecule has 0 amide bonds. The Kier molecular flexibility index (Phi) is 5.83. The van der Waals surface area contributed by atoms with E-state index in [0.717, 1.165) is 23.2 Å². The Labute approximate surface area is 135 Å². The van der Waals surface area contributed by atoms with Gasteiger partial charge in [-0.2, -0.15) is 0 Å². The van der Waals surface area contributed by atoms with E-state index in [9.17, 15) is 0 Å². The molecule has 0 saturated carbocycles. The van der Waals surface area contributed by atoms with Crippen molar-refractivity contribution in [3.63, 3.8) is 0 Å². The van der Waals surface area contributed by atoms with Crippen molar-refractivity contribution in [2.24, 2.45) is 0 Å². The third kappa shape index (κ3) is 4.32. The highest BCUT2D eigenvalue weighted by Gasteiger charge is 2.13. The van der Waals surface area contributed by atoms with E-state index in [1.165, 1.54) is 16.7 Å². The molecule has 0 aliphatic rings. The third-order valence-corrected chi connectivity index (χ3v) is 4.09. The largest absolute Gasteiger partial charge is 0.496 e. The molecule has 1 unspecified atom stereocenters. The zero-order valence-electron chi connectivity index (χ0n) is 12.8. The zero-order chi connectivity index (χ0) is 15.2. The van der Waals surface area contributed by atoms with Gasteiger partial charge in [0.15, 0.2) is 0 Å². The van der Waals surface area contributed by atoms with Crippen molar-refractivity contribution in [2.75, 3.05) is 13.7 Å². The van der Waals surface area contributed by atoms with Gasteiger partial charge >= 0.3 is 0 Å². The van der Waals surface area contributed by atoms with E-state index >= 15 is 0 Å². The van der Waals surface area contributed by atoms with Crippen LogP contribution in [0.2, 0.25) is 0 Å². The third-order valence-electron chi connectivity index (χ3n) is 3.60.